The summed E-state index contributed by atoms with van der Waals surface area (Å²) in [6.07, 6.45) is 6.24. The predicted octanol–water partition coefficient (Wildman–Crippen LogP) is 2.22. The number of hydrogen-bond donors (Lipinski definition) is 1. The molecular weight excluding hydrogens is 372 g/mol. The molecule has 0 aromatic rings. The molecule has 1 atom stereocenters. The molecule has 7 heteroatoms. The summed E-state index contributed by atoms with van der Waals surface area (Å²) in [5.74, 6) is 3.55. The minimum atomic E-state index is -2.82. The summed E-state index contributed by atoms with van der Waals surface area (Å²) >= 11 is 0. The molecule has 2 aliphatic heterocycles. The van der Waals surface area contributed by atoms with Crippen molar-refractivity contribution in [3.63, 3.8) is 0 Å². The van der Waals surface area contributed by atoms with Crippen LogP contribution in [0.2, 0.25) is 0 Å². The van der Waals surface area contributed by atoms with Crippen LogP contribution in [0, 0.1) is 17.8 Å². The Labute approximate surface area is 172 Å². The Hall–Kier alpha value is -0.820. The van der Waals surface area contributed by atoms with Crippen molar-refractivity contribution < 1.29 is 8.42 Å². The van der Waals surface area contributed by atoms with Gasteiger partial charge in [-0.05, 0) is 56.8 Å². The normalized spacial score (nSPS) is 32.1. The van der Waals surface area contributed by atoms with Crippen LogP contribution < -0.4 is 5.32 Å². The first kappa shape index (κ1) is 21.9. The second-order valence-electron chi connectivity index (χ2n) is 9.30. The van der Waals surface area contributed by atoms with Crippen LogP contribution in [0.4, 0.5) is 0 Å². The Morgan fingerprint density at radius 2 is 1.75 bits per heavy atom. The van der Waals surface area contributed by atoms with Crippen molar-refractivity contribution in [2.24, 2.45) is 22.7 Å². The molecule has 0 aromatic heterocycles. The van der Waals surface area contributed by atoms with E-state index in [1.54, 1.807) is 0 Å². The molecule has 0 aromatic carbocycles. The van der Waals surface area contributed by atoms with Crippen molar-refractivity contribution in [3.05, 3.63) is 0 Å². The molecule has 0 spiro atoms. The largest absolute Gasteiger partial charge is 0.357 e. The van der Waals surface area contributed by atoms with E-state index in [9.17, 15) is 8.42 Å². The SMILES string of the molecule is CCNC(=NCC1CCS(=O)(=O)C1)N1CCN(C2CCC(C(C)C)CC2)CC1. The molecule has 162 valence electrons. The maximum Gasteiger partial charge on any atom is 0.194 e. The highest BCUT2D eigenvalue weighted by molar-refractivity contribution is 7.91. The number of aliphatic imine (C=N–C) groups is 1. The molecule has 2 saturated heterocycles. The van der Waals surface area contributed by atoms with Crippen LogP contribution in [0.15, 0.2) is 4.99 Å². The lowest BCUT2D eigenvalue weighted by Gasteiger charge is -2.43. The number of nitrogens with one attached hydrogen (secondary N) is 1. The third kappa shape index (κ3) is 5.85. The van der Waals surface area contributed by atoms with Gasteiger partial charge in [-0.15, -0.1) is 0 Å². The molecule has 0 amide bonds. The van der Waals surface area contributed by atoms with Gasteiger partial charge in [0.1, 0.15) is 0 Å². The smallest absolute Gasteiger partial charge is 0.194 e. The summed E-state index contributed by atoms with van der Waals surface area (Å²) < 4.78 is 23.4. The minimum absolute atomic E-state index is 0.191. The number of piperazine rings is 1. The van der Waals surface area contributed by atoms with Gasteiger partial charge in [0.2, 0.25) is 0 Å². The molecule has 28 heavy (non-hydrogen) atoms. The van der Waals surface area contributed by atoms with E-state index in [-0.39, 0.29) is 5.92 Å². The quantitative estimate of drug-likeness (QED) is 0.554. The Morgan fingerprint density at radius 1 is 1.07 bits per heavy atom. The monoisotopic (exact) mass is 412 g/mol. The van der Waals surface area contributed by atoms with Crippen molar-refractivity contribution in [2.75, 3.05) is 50.8 Å². The van der Waals surface area contributed by atoms with Crippen molar-refractivity contribution in [2.45, 2.75) is 58.9 Å². The standard InChI is InChI=1S/C21H40N4O2S/c1-4-22-21(23-15-18-9-14-28(26,27)16-18)25-12-10-24(11-13-25)20-7-5-19(6-8-20)17(2)3/h17-20H,4-16H2,1-3H3,(H,22,23). The van der Waals surface area contributed by atoms with Gasteiger partial charge in [-0.1, -0.05) is 13.8 Å². The van der Waals surface area contributed by atoms with Gasteiger partial charge in [-0.25, -0.2) is 8.42 Å². The molecule has 3 rings (SSSR count). The third-order valence-electron chi connectivity index (χ3n) is 6.98. The van der Waals surface area contributed by atoms with Gasteiger partial charge in [0.25, 0.3) is 0 Å². The molecule has 1 saturated carbocycles. The molecule has 6 nitrogen and oxygen atoms in total. The summed E-state index contributed by atoms with van der Waals surface area (Å²) in [5, 5.41) is 3.42. The highest BCUT2D eigenvalue weighted by Crippen LogP contribution is 2.32. The fourth-order valence-corrected chi connectivity index (χ4v) is 6.94. The second kappa shape index (κ2) is 9.79. The Morgan fingerprint density at radius 3 is 2.29 bits per heavy atom. The van der Waals surface area contributed by atoms with Gasteiger partial charge < -0.3 is 10.2 Å². The zero-order chi connectivity index (χ0) is 20.1. The van der Waals surface area contributed by atoms with E-state index in [0.717, 1.165) is 63.0 Å². The third-order valence-corrected chi connectivity index (χ3v) is 8.81. The summed E-state index contributed by atoms with van der Waals surface area (Å²) in [6.45, 7) is 12.6. The van der Waals surface area contributed by atoms with Crippen molar-refractivity contribution in [3.8, 4) is 0 Å². The van der Waals surface area contributed by atoms with Gasteiger partial charge in [0.15, 0.2) is 15.8 Å². The van der Waals surface area contributed by atoms with Gasteiger partial charge in [0, 0.05) is 45.3 Å². The highest BCUT2D eigenvalue weighted by Gasteiger charge is 2.31. The van der Waals surface area contributed by atoms with Crippen LogP contribution in [-0.4, -0.2) is 81.0 Å². The van der Waals surface area contributed by atoms with Gasteiger partial charge in [0.05, 0.1) is 11.5 Å². The molecule has 1 unspecified atom stereocenters. The second-order valence-corrected chi connectivity index (χ2v) is 11.5. The fourth-order valence-electron chi connectivity index (χ4n) is 5.09. The lowest BCUT2D eigenvalue weighted by atomic mass is 9.79. The maximum atomic E-state index is 11.7. The Bertz CT molecular complexity index is 618. The number of rotatable bonds is 5. The Kier molecular flexibility index (Phi) is 7.65. The summed E-state index contributed by atoms with van der Waals surface area (Å²) in [6, 6.07) is 0.764. The average Bonchev–Trinajstić information content (AvgIpc) is 3.04. The topological polar surface area (TPSA) is 65.0 Å². The maximum absolute atomic E-state index is 11.7. The Balaban J connectivity index is 1.48. The summed E-state index contributed by atoms with van der Waals surface area (Å²) in [4.78, 5) is 9.86. The first-order valence-corrected chi connectivity index (χ1v) is 13.2. The minimum Gasteiger partial charge on any atom is -0.357 e. The van der Waals surface area contributed by atoms with E-state index in [1.807, 2.05) is 0 Å². The molecule has 3 fully saturated rings. The van der Waals surface area contributed by atoms with Crippen LogP contribution >= 0.6 is 0 Å². The lowest BCUT2D eigenvalue weighted by molar-refractivity contribution is 0.0864. The van der Waals surface area contributed by atoms with Gasteiger partial charge in [-0.2, -0.15) is 0 Å². The van der Waals surface area contributed by atoms with Crippen molar-refractivity contribution >= 4 is 15.8 Å². The van der Waals surface area contributed by atoms with E-state index in [0.29, 0.717) is 18.1 Å². The molecule has 0 bridgehead atoms. The first-order valence-electron chi connectivity index (χ1n) is 11.4. The lowest BCUT2D eigenvalue weighted by Crippen LogP contribution is -2.55. The molecule has 0 radical (unpaired) electrons. The first-order chi connectivity index (χ1) is 13.4. The summed E-state index contributed by atoms with van der Waals surface area (Å²) in [7, 11) is -2.82. The van der Waals surface area contributed by atoms with Gasteiger partial charge in [-0.3, -0.25) is 9.89 Å². The number of nitrogens with zero attached hydrogens (tertiary/aromatic N) is 3. The molecule has 1 aliphatic carbocycles. The molecule has 1 N–H and O–H groups in total. The number of sulfone groups is 1. The van der Waals surface area contributed by atoms with Crippen LogP contribution in [0.3, 0.4) is 0 Å². The zero-order valence-corrected chi connectivity index (χ0v) is 18.9. The highest BCUT2D eigenvalue weighted by atomic mass is 32.2. The van der Waals surface area contributed by atoms with Crippen LogP contribution in [0.5, 0.6) is 0 Å². The molecular formula is C21H40N4O2S. The predicted molar refractivity (Wildman–Crippen MR) is 116 cm³/mol. The van der Waals surface area contributed by atoms with E-state index >= 15 is 0 Å². The number of hydrogen-bond acceptors (Lipinski definition) is 4. The van der Waals surface area contributed by atoms with Crippen molar-refractivity contribution in [1.82, 2.24) is 15.1 Å². The summed E-state index contributed by atoms with van der Waals surface area (Å²) in [5.41, 5.74) is 0. The van der Waals surface area contributed by atoms with Crippen molar-refractivity contribution in [1.29, 1.82) is 0 Å². The molecule has 3 aliphatic rings. The zero-order valence-electron chi connectivity index (χ0n) is 18.1. The average molecular weight is 413 g/mol. The van der Waals surface area contributed by atoms with E-state index < -0.39 is 9.84 Å². The van der Waals surface area contributed by atoms with Gasteiger partial charge >= 0.3 is 0 Å². The fraction of sp³-hybridized carbons (Fsp3) is 0.952. The van der Waals surface area contributed by atoms with Crippen LogP contribution in [-0.2, 0) is 9.84 Å². The van der Waals surface area contributed by atoms with E-state index in [2.05, 4.69) is 35.9 Å². The number of guanidine groups is 1. The van der Waals surface area contributed by atoms with E-state index in [4.69, 9.17) is 4.99 Å². The van der Waals surface area contributed by atoms with Crippen LogP contribution in [0.25, 0.3) is 0 Å². The van der Waals surface area contributed by atoms with E-state index in [1.165, 1.54) is 25.7 Å². The molecule has 2 heterocycles. The van der Waals surface area contributed by atoms with Crippen LogP contribution in [0.1, 0.15) is 52.9 Å².